The van der Waals surface area contributed by atoms with Crippen LogP contribution in [0, 0.1) is 11.8 Å². The summed E-state index contributed by atoms with van der Waals surface area (Å²) in [5.41, 5.74) is 0. The molecular weight excluding hydrogens is 212 g/mol. The van der Waals surface area contributed by atoms with Crippen LogP contribution in [-0.4, -0.2) is 11.1 Å². The van der Waals surface area contributed by atoms with Gasteiger partial charge in [0, 0.05) is 6.42 Å². The van der Waals surface area contributed by atoms with Gasteiger partial charge >= 0.3 is 5.97 Å². The maximum absolute atomic E-state index is 10.3. The molecule has 1 rings (SSSR count). The minimum atomic E-state index is -0.661. The Bertz CT molecular complexity index is 245. The molecule has 2 unspecified atom stereocenters. The molecule has 0 spiro atoms. The first-order valence-corrected chi connectivity index (χ1v) is 7.08. The van der Waals surface area contributed by atoms with Gasteiger partial charge < -0.3 is 5.11 Å². The number of rotatable bonds is 8. The number of hydrogen-bond acceptors (Lipinski definition) is 1. The predicted octanol–water partition coefficient (Wildman–Crippen LogP) is 4.40. The lowest BCUT2D eigenvalue weighted by atomic mass is 9.82. The number of aliphatic carboxylic acids is 1. The van der Waals surface area contributed by atoms with Crippen molar-refractivity contribution in [3.63, 3.8) is 0 Å². The quantitative estimate of drug-likeness (QED) is 0.502. The Balaban J connectivity index is 1.95. The first-order chi connectivity index (χ1) is 8.20. The molecule has 0 radical (unpaired) electrons. The van der Waals surface area contributed by atoms with Gasteiger partial charge in [0.1, 0.15) is 0 Å². The van der Waals surface area contributed by atoms with Crippen LogP contribution in [0.1, 0.15) is 64.7 Å². The summed E-state index contributed by atoms with van der Waals surface area (Å²) in [4.78, 5) is 10.3. The van der Waals surface area contributed by atoms with Crippen LogP contribution in [0.25, 0.3) is 0 Å². The van der Waals surface area contributed by atoms with Gasteiger partial charge in [-0.05, 0) is 37.5 Å². The first kappa shape index (κ1) is 14.3. The highest BCUT2D eigenvalue weighted by atomic mass is 16.4. The van der Waals surface area contributed by atoms with E-state index in [1.807, 2.05) is 0 Å². The van der Waals surface area contributed by atoms with E-state index in [2.05, 4.69) is 19.1 Å². The summed E-state index contributed by atoms with van der Waals surface area (Å²) in [6, 6.07) is 0. The molecule has 1 aliphatic rings. The van der Waals surface area contributed by atoms with Gasteiger partial charge in [-0.2, -0.15) is 0 Å². The number of allylic oxidation sites excluding steroid dienone is 2. The van der Waals surface area contributed by atoms with Crippen molar-refractivity contribution < 1.29 is 9.90 Å². The molecule has 2 atom stereocenters. The maximum atomic E-state index is 10.3. The normalized spacial score (nSPS) is 23.8. The fourth-order valence-corrected chi connectivity index (χ4v) is 2.60. The monoisotopic (exact) mass is 238 g/mol. The third-order valence-electron chi connectivity index (χ3n) is 3.83. The number of hydrogen-bond donors (Lipinski definition) is 1. The fraction of sp³-hybridized carbons (Fsp3) is 0.800. The number of carboxylic acid groups (broad SMARTS) is 1. The third-order valence-corrected chi connectivity index (χ3v) is 3.83. The van der Waals surface area contributed by atoms with Gasteiger partial charge in [-0.25, -0.2) is 0 Å². The van der Waals surface area contributed by atoms with Crippen molar-refractivity contribution >= 4 is 5.97 Å². The molecule has 2 nitrogen and oxygen atoms in total. The number of unbranched alkanes of at least 4 members (excludes halogenated alkanes) is 4. The predicted molar refractivity (Wildman–Crippen MR) is 71.0 cm³/mol. The highest BCUT2D eigenvalue weighted by molar-refractivity contribution is 5.66. The molecule has 0 amide bonds. The Morgan fingerprint density at radius 2 is 1.94 bits per heavy atom. The van der Waals surface area contributed by atoms with Crippen LogP contribution in [-0.2, 0) is 4.79 Å². The van der Waals surface area contributed by atoms with Gasteiger partial charge in [0.15, 0.2) is 0 Å². The van der Waals surface area contributed by atoms with Gasteiger partial charge in [-0.1, -0.05) is 44.8 Å². The zero-order chi connectivity index (χ0) is 12.5. The average molecular weight is 238 g/mol. The Morgan fingerprint density at radius 3 is 2.65 bits per heavy atom. The molecule has 1 aliphatic carbocycles. The minimum Gasteiger partial charge on any atom is -0.481 e. The topological polar surface area (TPSA) is 37.3 Å². The highest BCUT2D eigenvalue weighted by Crippen LogP contribution is 2.28. The Morgan fingerprint density at radius 1 is 1.24 bits per heavy atom. The van der Waals surface area contributed by atoms with Gasteiger partial charge in [-0.15, -0.1) is 0 Å². The third kappa shape index (κ3) is 6.50. The van der Waals surface area contributed by atoms with Gasteiger partial charge in [0.05, 0.1) is 0 Å². The molecule has 0 saturated heterocycles. The van der Waals surface area contributed by atoms with Gasteiger partial charge in [0.2, 0.25) is 0 Å². The zero-order valence-corrected chi connectivity index (χ0v) is 11.0. The second kappa shape index (κ2) is 8.32. The fourth-order valence-electron chi connectivity index (χ4n) is 2.60. The molecule has 17 heavy (non-hydrogen) atoms. The lowest BCUT2D eigenvalue weighted by Crippen LogP contribution is -2.12. The molecule has 1 N–H and O–H groups in total. The smallest absolute Gasteiger partial charge is 0.303 e. The summed E-state index contributed by atoms with van der Waals surface area (Å²) in [5.74, 6) is 0.987. The van der Waals surface area contributed by atoms with E-state index in [0.29, 0.717) is 6.42 Å². The van der Waals surface area contributed by atoms with Gasteiger partial charge in [0.25, 0.3) is 0 Å². The van der Waals surface area contributed by atoms with E-state index >= 15 is 0 Å². The number of carboxylic acids is 1. The van der Waals surface area contributed by atoms with Crippen LogP contribution in [0.2, 0.25) is 0 Å². The molecule has 2 heteroatoms. The minimum absolute atomic E-state index is 0.336. The summed E-state index contributed by atoms with van der Waals surface area (Å²) < 4.78 is 0. The lowest BCUT2D eigenvalue weighted by Gasteiger charge is -2.23. The molecule has 0 bridgehead atoms. The zero-order valence-electron chi connectivity index (χ0n) is 11.0. The molecule has 0 aromatic carbocycles. The van der Waals surface area contributed by atoms with Crippen LogP contribution in [0.5, 0.6) is 0 Å². The van der Waals surface area contributed by atoms with Crippen LogP contribution in [0.3, 0.4) is 0 Å². The lowest BCUT2D eigenvalue weighted by molar-refractivity contribution is -0.137. The maximum Gasteiger partial charge on any atom is 0.303 e. The first-order valence-electron chi connectivity index (χ1n) is 7.08. The van der Waals surface area contributed by atoms with Crippen molar-refractivity contribution in [3.8, 4) is 0 Å². The Kier molecular flexibility index (Phi) is 6.99. The molecule has 0 heterocycles. The number of carbonyl (C=O) groups is 1. The van der Waals surface area contributed by atoms with Crippen molar-refractivity contribution in [2.75, 3.05) is 0 Å². The summed E-state index contributed by atoms with van der Waals surface area (Å²) in [6.45, 7) is 2.36. The molecule has 0 aromatic rings. The van der Waals surface area contributed by atoms with Crippen LogP contribution in [0.4, 0.5) is 0 Å². The van der Waals surface area contributed by atoms with Crippen molar-refractivity contribution in [3.05, 3.63) is 12.2 Å². The largest absolute Gasteiger partial charge is 0.481 e. The highest BCUT2D eigenvalue weighted by Gasteiger charge is 2.16. The van der Waals surface area contributed by atoms with Crippen molar-refractivity contribution in [1.29, 1.82) is 0 Å². The Labute approximate surface area is 105 Å². The molecule has 0 saturated carbocycles. The van der Waals surface area contributed by atoms with E-state index in [4.69, 9.17) is 5.11 Å². The summed E-state index contributed by atoms with van der Waals surface area (Å²) in [5, 5.41) is 8.51. The standard InChI is InChI=1S/C15H26O2/c1-13-9-7-8-11-14(13)10-5-3-2-4-6-12-15(16)17/h8,11,13-14H,2-7,9-10,12H2,1H3,(H,16,17). The van der Waals surface area contributed by atoms with Crippen LogP contribution >= 0.6 is 0 Å². The molecule has 98 valence electrons. The van der Waals surface area contributed by atoms with Crippen LogP contribution < -0.4 is 0 Å². The van der Waals surface area contributed by atoms with E-state index in [0.717, 1.165) is 24.7 Å². The summed E-state index contributed by atoms with van der Waals surface area (Å²) >= 11 is 0. The van der Waals surface area contributed by atoms with E-state index in [1.165, 1.54) is 38.5 Å². The SMILES string of the molecule is CC1CCC=CC1CCCCCCCC(=O)O. The van der Waals surface area contributed by atoms with Crippen molar-refractivity contribution in [2.24, 2.45) is 11.8 Å². The second-order valence-electron chi connectivity index (χ2n) is 5.35. The molecule has 0 aromatic heterocycles. The average Bonchev–Trinajstić information content (AvgIpc) is 2.30. The summed E-state index contributed by atoms with van der Waals surface area (Å²) in [7, 11) is 0. The van der Waals surface area contributed by atoms with Gasteiger partial charge in [-0.3, -0.25) is 4.79 Å². The van der Waals surface area contributed by atoms with Crippen molar-refractivity contribution in [1.82, 2.24) is 0 Å². The van der Waals surface area contributed by atoms with Crippen LogP contribution in [0.15, 0.2) is 12.2 Å². The van der Waals surface area contributed by atoms with E-state index in [9.17, 15) is 4.79 Å². The van der Waals surface area contributed by atoms with E-state index in [1.54, 1.807) is 0 Å². The molecular formula is C15H26O2. The molecule has 0 aliphatic heterocycles. The molecule has 0 fully saturated rings. The Hall–Kier alpha value is -0.790. The van der Waals surface area contributed by atoms with E-state index in [-0.39, 0.29) is 0 Å². The van der Waals surface area contributed by atoms with E-state index < -0.39 is 5.97 Å². The van der Waals surface area contributed by atoms with Crippen molar-refractivity contribution in [2.45, 2.75) is 64.7 Å². The second-order valence-corrected chi connectivity index (χ2v) is 5.35. The summed E-state index contributed by atoms with van der Waals surface area (Å²) in [6.07, 6.45) is 14.7.